The lowest BCUT2D eigenvalue weighted by Gasteiger charge is -2.19. The van der Waals surface area contributed by atoms with Crippen LogP contribution in [0.15, 0.2) is 5.16 Å². The molecule has 0 spiro atoms. The van der Waals surface area contributed by atoms with E-state index in [1.54, 1.807) is 0 Å². The van der Waals surface area contributed by atoms with Crippen LogP contribution < -0.4 is 16.4 Å². The van der Waals surface area contributed by atoms with Crippen molar-refractivity contribution >= 4 is 11.7 Å². The first-order chi connectivity index (χ1) is 9.34. The predicted molar refractivity (Wildman–Crippen MR) is 66.2 cm³/mol. The van der Waals surface area contributed by atoms with Gasteiger partial charge in [-0.05, 0) is 25.8 Å². The molecule has 1 fully saturated rings. The number of alkyl halides is 3. The van der Waals surface area contributed by atoms with Gasteiger partial charge in [0.15, 0.2) is 5.84 Å². The van der Waals surface area contributed by atoms with Crippen molar-refractivity contribution in [2.45, 2.75) is 37.9 Å². The Morgan fingerprint density at radius 1 is 1.45 bits per heavy atom. The Morgan fingerprint density at radius 3 is 2.60 bits per heavy atom. The molecule has 1 atom stereocenters. The largest absolute Gasteiger partial charge is 0.409 e. The van der Waals surface area contributed by atoms with E-state index in [0.29, 0.717) is 6.42 Å². The molecule has 0 bridgehead atoms. The maximum atomic E-state index is 12.6. The fourth-order valence-corrected chi connectivity index (χ4v) is 1.61. The number of hydrogen-bond acceptors (Lipinski definition) is 4. The standard InChI is InChI=1S/C11H19F3N4O2/c12-11(13,14)8(10(15)18-20)6-16-5-1-2-9(19)17-7-3-4-7/h7-8,16,20H,1-6H2,(H2,15,18)(H,17,19). The molecule has 0 radical (unpaired) electrons. The first-order valence-electron chi connectivity index (χ1n) is 6.38. The molecule has 0 aromatic heterocycles. The minimum atomic E-state index is -4.58. The summed E-state index contributed by atoms with van der Waals surface area (Å²) in [6.45, 7) is -0.229. The van der Waals surface area contributed by atoms with Crippen LogP contribution in [0.5, 0.6) is 0 Å². The number of oxime groups is 1. The fraction of sp³-hybridized carbons (Fsp3) is 0.818. The normalized spacial score (nSPS) is 17.9. The number of amides is 1. The van der Waals surface area contributed by atoms with Gasteiger partial charge in [-0.2, -0.15) is 13.2 Å². The lowest BCUT2D eigenvalue weighted by molar-refractivity contribution is -0.154. The third-order valence-electron chi connectivity index (χ3n) is 2.92. The van der Waals surface area contributed by atoms with E-state index in [4.69, 9.17) is 10.9 Å². The number of hydrogen-bond donors (Lipinski definition) is 4. The molecule has 1 unspecified atom stereocenters. The fourth-order valence-electron chi connectivity index (χ4n) is 1.61. The van der Waals surface area contributed by atoms with Crippen molar-refractivity contribution < 1.29 is 23.2 Å². The van der Waals surface area contributed by atoms with E-state index in [0.717, 1.165) is 12.8 Å². The van der Waals surface area contributed by atoms with E-state index in [9.17, 15) is 18.0 Å². The number of carbonyl (C=O) groups is 1. The molecule has 1 rings (SSSR count). The van der Waals surface area contributed by atoms with E-state index in [2.05, 4.69) is 15.8 Å². The first-order valence-corrected chi connectivity index (χ1v) is 6.38. The van der Waals surface area contributed by atoms with Crippen molar-refractivity contribution in [3.63, 3.8) is 0 Å². The lowest BCUT2D eigenvalue weighted by atomic mass is 10.1. The second kappa shape index (κ2) is 7.32. The van der Waals surface area contributed by atoms with Crippen LogP contribution in [-0.4, -0.2) is 42.3 Å². The molecule has 0 aromatic rings. The van der Waals surface area contributed by atoms with Gasteiger partial charge in [-0.3, -0.25) is 4.79 Å². The topological polar surface area (TPSA) is 99.7 Å². The molecule has 0 heterocycles. The van der Waals surface area contributed by atoms with Gasteiger partial charge in [-0.25, -0.2) is 0 Å². The minimum absolute atomic E-state index is 0.0851. The van der Waals surface area contributed by atoms with Gasteiger partial charge in [0.25, 0.3) is 0 Å². The highest BCUT2D eigenvalue weighted by Crippen LogP contribution is 2.25. The van der Waals surface area contributed by atoms with Crippen LogP contribution in [0.2, 0.25) is 0 Å². The number of nitrogens with two attached hydrogens (primary N) is 1. The summed E-state index contributed by atoms with van der Waals surface area (Å²) < 4.78 is 37.7. The average Bonchev–Trinajstić information content (AvgIpc) is 3.15. The Hall–Kier alpha value is -1.51. The zero-order valence-electron chi connectivity index (χ0n) is 10.9. The number of halogens is 3. The second-order valence-corrected chi connectivity index (χ2v) is 4.77. The van der Waals surface area contributed by atoms with Gasteiger partial charge in [0.05, 0.1) is 0 Å². The quantitative estimate of drug-likeness (QED) is 0.173. The monoisotopic (exact) mass is 296 g/mol. The van der Waals surface area contributed by atoms with Gasteiger partial charge in [0.1, 0.15) is 5.92 Å². The first kappa shape index (κ1) is 16.5. The van der Waals surface area contributed by atoms with Gasteiger partial charge < -0.3 is 21.6 Å². The smallest absolute Gasteiger partial charge is 0.400 e. The zero-order valence-corrected chi connectivity index (χ0v) is 10.9. The van der Waals surface area contributed by atoms with E-state index in [1.807, 2.05) is 0 Å². The van der Waals surface area contributed by atoms with Crippen LogP contribution in [0.25, 0.3) is 0 Å². The summed E-state index contributed by atoms with van der Waals surface area (Å²) in [6.07, 6.45) is -1.89. The van der Waals surface area contributed by atoms with Crippen molar-refractivity contribution in [1.29, 1.82) is 0 Å². The van der Waals surface area contributed by atoms with Crippen molar-refractivity contribution in [3.8, 4) is 0 Å². The van der Waals surface area contributed by atoms with Crippen molar-refractivity contribution in [2.75, 3.05) is 13.1 Å². The molecule has 116 valence electrons. The third-order valence-corrected chi connectivity index (χ3v) is 2.92. The van der Waals surface area contributed by atoms with Gasteiger partial charge >= 0.3 is 6.18 Å². The average molecular weight is 296 g/mol. The second-order valence-electron chi connectivity index (χ2n) is 4.77. The zero-order chi connectivity index (χ0) is 15.2. The van der Waals surface area contributed by atoms with Crippen LogP contribution in [0, 0.1) is 5.92 Å². The Balaban J connectivity index is 2.18. The summed E-state index contributed by atoms with van der Waals surface area (Å²) in [5, 5.41) is 16.1. The number of nitrogens with one attached hydrogen (secondary N) is 2. The summed E-state index contributed by atoms with van der Waals surface area (Å²) in [5.74, 6) is -3.00. The molecular formula is C11H19F3N4O2. The molecule has 0 saturated heterocycles. The number of nitrogens with zero attached hydrogens (tertiary/aromatic N) is 1. The van der Waals surface area contributed by atoms with E-state index in [1.165, 1.54) is 0 Å². The number of carbonyl (C=O) groups excluding carboxylic acids is 1. The molecule has 5 N–H and O–H groups in total. The maximum absolute atomic E-state index is 12.6. The van der Waals surface area contributed by atoms with E-state index < -0.39 is 24.5 Å². The Labute approximate surface area is 114 Å². The lowest BCUT2D eigenvalue weighted by Crippen LogP contribution is -2.43. The minimum Gasteiger partial charge on any atom is -0.409 e. The molecule has 9 heteroatoms. The summed E-state index contributed by atoms with van der Waals surface area (Å²) in [6, 6.07) is 0.283. The van der Waals surface area contributed by atoms with Crippen LogP contribution in [0.1, 0.15) is 25.7 Å². The van der Waals surface area contributed by atoms with Gasteiger partial charge in [0.2, 0.25) is 5.91 Å². The number of rotatable bonds is 8. The molecule has 0 aromatic carbocycles. The third kappa shape index (κ3) is 6.09. The summed E-state index contributed by atoms with van der Waals surface area (Å²) >= 11 is 0. The van der Waals surface area contributed by atoms with E-state index >= 15 is 0 Å². The maximum Gasteiger partial charge on any atom is 0.400 e. The van der Waals surface area contributed by atoms with Crippen molar-refractivity contribution in [2.24, 2.45) is 16.8 Å². The molecule has 20 heavy (non-hydrogen) atoms. The highest BCUT2D eigenvalue weighted by molar-refractivity contribution is 5.83. The molecular weight excluding hydrogens is 277 g/mol. The van der Waals surface area contributed by atoms with Crippen molar-refractivity contribution in [3.05, 3.63) is 0 Å². The molecule has 1 aliphatic carbocycles. The van der Waals surface area contributed by atoms with Crippen LogP contribution in [-0.2, 0) is 4.79 Å². The van der Waals surface area contributed by atoms with Gasteiger partial charge in [-0.1, -0.05) is 5.16 Å². The summed E-state index contributed by atoms with van der Waals surface area (Å²) in [7, 11) is 0. The predicted octanol–water partition coefficient (Wildman–Crippen LogP) is 0.560. The Morgan fingerprint density at radius 2 is 2.10 bits per heavy atom. The number of amidine groups is 1. The van der Waals surface area contributed by atoms with Gasteiger partial charge in [-0.15, -0.1) is 0 Å². The van der Waals surface area contributed by atoms with Crippen LogP contribution in [0.4, 0.5) is 13.2 Å². The van der Waals surface area contributed by atoms with Gasteiger partial charge in [0, 0.05) is 19.0 Å². The Bertz CT molecular complexity index is 356. The SMILES string of the molecule is NC(=NO)C(CNCCCC(=O)NC1CC1)C(F)(F)F. The highest BCUT2D eigenvalue weighted by Gasteiger charge is 2.42. The molecule has 6 nitrogen and oxygen atoms in total. The molecule has 1 aliphatic rings. The van der Waals surface area contributed by atoms with Crippen molar-refractivity contribution in [1.82, 2.24) is 10.6 Å². The summed E-state index contributed by atoms with van der Waals surface area (Å²) in [4.78, 5) is 11.3. The molecule has 1 saturated carbocycles. The van der Waals surface area contributed by atoms with Crippen LogP contribution in [0.3, 0.4) is 0 Å². The summed E-state index contributed by atoms with van der Waals surface area (Å²) in [5.41, 5.74) is 5.00. The highest BCUT2D eigenvalue weighted by atomic mass is 19.4. The van der Waals surface area contributed by atoms with E-state index in [-0.39, 0.29) is 24.9 Å². The molecule has 1 amide bonds. The molecule has 0 aliphatic heterocycles. The van der Waals surface area contributed by atoms with Crippen LogP contribution >= 0.6 is 0 Å². The Kier molecular flexibility index (Phi) is 6.05.